The van der Waals surface area contributed by atoms with E-state index in [4.69, 9.17) is 23.7 Å². The van der Waals surface area contributed by atoms with Gasteiger partial charge in [0.25, 0.3) is 0 Å². The van der Waals surface area contributed by atoms with Crippen LogP contribution >= 0.6 is 23.5 Å². The Morgan fingerprint density at radius 3 is 1.59 bits per heavy atom. The van der Waals surface area contributed by atoms with Crippen molar-refractivity contribution in [3.05, 3.63) is 119 Å². The van der Waals surface area contributed by atoms with Crippen molar-refractivity contribution in [1.29, 1.82) is 0 Å². The van der Waals surface area contributed by atoms with Gasteiger partial charge in [-0.2, -0.15) is 11.8 Å². The highest BCUT2D eigenvalue weighted by molar-refractivity contribution is 8.13. The molecule has 0 spiro atoms. The normalized spacial score (nSPS) is 24.6. The van der Waals surface area contributed by atoms with Gasteiger partial charge in [0, 0.05) is 49.7 Å². The predicted molar refractivity (Wildman–Crippen MR) is 272 cm³/mol. The lowest BCUT2D eigenvalue weighted by atomic mass is 9.65. The molecular weight excluding hydrogens is 893 g/mol. The Morgan fingerprint density at radius 1 is 0.588 bits per heavy atom. The van der Waals surface area contributed by atoms with Gasteiger partial charge in [-0.1, -0.05) is 55.3 Å². The first-order valence-corrected chi connectivity index (χ1v) is 27.0. The second kappa shape index (κ2) is 24.3. The Morgan fingerprint density at radius 2 is 1.07 bits per heavy atom. The van der Waals surface area contributed by atoms with E-state index in [9.17, 15) is 19.2 Å². The van der Waals surface area contributed by atoms with Gasteiger partial charge in [0.2, 0.25) is 0 Å². The number of esters is 2. The number of ketones is 1. The standard InChI is InChI=1S/C21H24O3.C20H32O2S2.C16H14O4/c1-16(22)24-20-12-8-18(9-13-20)21(14-4-3-5-15-21)17-6-10-19(23-2)11-7-17;1-12(21)24-7-4-13-8-14-9-16(13)19-15-10-17(20(14)19)18(11-15)22-5-3-6-23-2;1-11(17)20-15-9-5-13(6-10-15)16(18)12-3-7-14(19-2)8-4-12/h6-13H,3-5,14-15H2,1-2H3;13-20H,3-11H2,1-2H3;3-10H,1-2H3. The van der Waals surface area contributed by atoms with Crippen molar-refractivity contribution < 1.29 is 42.9 Å². The van der Waals surface area contributed by atoms with E-state index in [1.165, 1.54) is 100 Å². The zero-order chi connectivity index (χ0) is 48.2. The highest BCUT2D eigenvalue weighted by atomic mass is 32.2. The van der Waals surface area contributed by atoms with Crippen molar-refractivity contribution in [2.75, 3.05) is 38.6 Å². The molecule has 0 saturated heterocycles. The summed E-state index contributed by atoms with van der Waals surface area (Å²) in [4.78, 5) is 45.3. The van der Waals surface area contributed by atoms with E-state index >= 15 is 0 Å². The van der Waals surface area contributed by atoms with Gasteiger partial charge < -0.3 is 23.7 Å². The molecule has 0 amide bonds. The molecule has 5 aliphatic carbocycles. The van der Waals surface area contributed by atoms with Gasteiger partial charge in [-0.25, -0.2) is 0 Å². The number of thioether (sulfide) groups is 2. The molecule has 5 saturated carbocycles. The van der Waals surface area contributed by atoms with Crippen LogP contribution < -0.4 is 18.9 Å². The zero-order valence-corrected chi connectivity index (χ0v) is 42.4. The number of hydrogen-bond acceptors (Lipinski definition) is 11. The number of carbonyl (C=O) groups is 4. The van der Waals surface area contributed by atoms with Crippen molar-refractivity contribution in [3.63, 3.8) is 0 Å². The van der Waals surface area contributed by atoms with Gasteiger partial charge in [0.05, 0.1) is 20.3 Å². The van der Waals surface area contributed by atoms with Crippen LogP contribution in [0.1, 0.15) is 118 Å². The van der Waals surface area contributed by atoms with Crippen molar-refractivity contribution in [2.24, 2.45) is 41.4 Å². The van der Waals surface area contributed by atoms with E-state index in [1.807, 2.05) is 36.0 Å². The van der Waals surface area contributed by atoms with Gasteiger partial charge in [-0.15, -0.1) is 0 Å². The van der Waals surface area contributed by atoms with E-state index in [2.05, 4.69) is 30.5 Å². The Balaban J connectivity index is 0.000000152. The fraction of sp³-hybridized carbons (Fsp3) is 0.509. The van der Waals surface area contributed by atoms with Gasteiger partial charge in [-0.3, -0.25) is 19.2 Å². The number of fused-ring (bicyclic) bond motifs is 9. The largest absolute Gasteiger partial charge is 0.497 e. The monoisotopic (exact) mass is 962 g/mol. The second-order valence-corrected chi connectivity index (χ2v) is 21.5. The van der Waals surface area contributed by atoms with E-state index < -0.39 is 0 Å². The Kier molecular flexibility index (Phi) is 18.3. The SMILES string of the molecule is COc1ccc(C(=O)c2ccc(OC(C)=O)cc2)cc1.COc1ccc(C2(c3ccc(OC(C)=O)cc3)CCCCC2)cc1.CSCCCOC1CC2CC1C1C3CC(CCSC(C)=O)C(C3)C21. The van der Waals surface area contributed by atoms with Gasteiger partial charge in [0.1, 0.15) is 23.0 Å². The lowest BCUT2D eigenvalue weighted by molar-refractivity contribution is -0.132. The van der Waals surface area contributed by atoms with Crippen LogP contribution in [0.25, 0.3) is 0 Å². The minimum absolute atomic E-state index is 0.0409. The third-order valence-electron chi connectivity index (χ3n) is 15.3. The fourth-order valence-electron chi connectivity index (χ4n) is 12.6. The van der Waals surface area contributed by atoms with Crippen LogP contribution in [-0.2, 0) is 24.5 Å². The minimum atomic E-state index is -0.390. The number of ether oxygens (including phenoxy) is 5. The first-order valence-electron chi connectivity index (χ1n) is 24.6. The van der Waals surface area contributed by atoms with Crippen molar-refractivity contribution in [3.8, 4) is 23.0 Å². The average Bonchev–Trinajstić information content (AvgIpc) is 4.15. The molecule has 5 aliphatic rings. The predicted octanol–water partition coefficient (Wildman–Crippen LogP) is 12.4. The quantitative estimate of drug-likeness (QED) is 0.0351. The molecule has 364 valence electrons. The summed E-state index contributed by atoms with van der Waals surface area (Å²) < 4.78 is 26.8. The molecular formula is C57H70O9S2. The molecule has 4 aromatic carbocycles. The van der Waals surface area contributed by atoms with Gasteiger partial charge in [0.15, 0.2) is 10.9 Å². The van der Waals surface area contributed by atoms with Crippen molar-refractivity contribution in [1.82, 2.24) is 0 Å². The molecule has 4 aromatic rings. The molecule has 11 heteroatoms. The molecule has 8 atom stereocenters. The lowest BCUT2D eigenvalue weighted by Crippen LogP contribution is -2.39. The number of carbonyl (C=O) groups excluding carboxylic acids is 4. The molecule has 9 nitrogen and oxygen atoms in total. The number of methoxy groups -OCH3 is 2. The van der Waals surface area contributed by atoms with Gasteiger partial charge >= 0.3 is 11.9 Å². The first kappa shape index (κ1) is 51.3. The third-order valence-corrected chi connectivity index (χ3v) is 16.8. The molecule has 5 fully saturated rings. The lowest BCUT2D eigenvalue weighted by Gasteiger charge is -2.41. The zero-order valence-electron chi connectivity index (χ0n) is 40.7. The summed E-state index contributed by atoms with van der Waals surface area (Å²) >= 11 is 3.47. The summed E-state index contributed by atoms with van der Waals surface area (Å²) in [6.45, 7) is 5.44. The van der Waals surface area contributed by atoms with E-state index in [0.717, 1.165) is 72.4 Å². The van der Waals surface area contributed by atoms with Crippen LogP contribution in [0.5, 0.6) is 23.0 Å². The Hall–Kier alpha value is -4.58. The minimum Gasteiger partial charge on any atom is -0.497 e. The molecule has 0 radical (unpaired) electrons. The second-order valence-electron chi connectivity index (χ2n) is 19.3. The van der Waals surface area contributed by atoms with Crippen LogP contribution in [0.15, 0.2) is 97.1 Å². The molecule has 4 bridgehead atoms. The summed E-state index contributed by atoms with van der Waals surface area (Å²) in [6.07, 6.45) is 17.1. The number of hydrogen-bond donors (Lipinski definition) is 0. The van der Waals surface area contributed by atoms with Crippen LogP contribution in [0, 0.1) is 41.4 Å². The Bertz CT molecular complexity index is 2270. The summed E-state index contributed by atoms with van der Waals surface area (Å²) in [5.41, 5.74) is 3.78. The molecule has 9 rings (SSSR count). The van der Waals surface area contributed by atoms with E-state index in [1.54, 1.807) is 69.7 Å². The topological polar surface area (TPSA) is 114 Å². The molecule has 0 aliphatic heterocycles. The van der Waals surface area contributed by atoms with Crippen LogP contribution in [0.2, 0.25) is 0 Å². The number of rotatable bonds is 16. The van der Waals surface area contributed by atoms with Crippen LogP contribution in [-0.4, -0.2) is 67.5 Å². The number of benzene rings is 4. The summed E-state index contributed by atoms with van der Waals surface area (Å²) in [7, 11) is 3.27. The third kappa shape index (κ3) is 12.6. The van der Waals surface area contributed by atoms with Crippen LogP contribution in [0.4, 0.5) is 0 Å². The van der Waals surface area contributed by atoms with Crippen molar-refractivity contribution >= 4 is 46.4 Å². The molecule has 0 aromatic heterocycles. The summed E-state index contributed by atoms with van der Waals surface area (Å²) in [6, 6.07) is 29.8. The van der Waals surface area contributed by atoms with Crippen LogP contribution in [0.3, 0.4) is 0 Å². The molecule has 0 heterocycles. The average molecular weight is 963 g/mol. The maximum Gasteiger partial charge on any atom is 0.308 e. The smallest absolute Gasteiger partial charge is 0.308 e. The maximum absolute atomic E-state index is 12.2. The maximum atomic E-state index is 12.2. The molecule has 68 heavy (non-hydrogen) atoms. The van der Waals surface area contributed by atoms with E-state index in [0.29, 0.717) is 34.5 Å². The molecule has 0 N–H and O–H groups in total. The van der Waals surface area contributed by atoms with E-state index in [-0.39, 0.29) is 28.3 Å². The highest BCUT2D eigenvalue weighted by Gasteiger charge is 2.64. The fourth-order valence-corrected chi connectivity index (χ4v) is 13.7. The summed E-state index contributed by atoms with van der Waals surface area (Å²) in [5, 5.41) is 0.289. The first-order chi connectivity index (χ1) is 32.9. The van der Waals surface area contributed by atoms with Gasteiger partial charge in [-0.05, 0) is 189 Å². The summed E-state index contributed by atoms with van der Waals surface area (Å²) in [5.74, 6) is 10.9. The van der Waals surface area contributed by atoms with Crippen molar-refractivity contribution in [2.45, 2.75) is 103 Å². The molecule has 8 unspecified atom stereocenters. The highest BCUT2D eigenvalue weighted by Crippen LogP contribution is 2.69. The Labute approximate surface area is 412 Å².